The van der Waals surface area contributed by atoms with E-state index in [1.54, 1.807) is 0 Å². The fourth-order valence-corrected chi connectivity index (χ4v) is 4.38. The van der Waals surface area contributed by atoms with Crippen molar-refractivity contribution in [2.45, 2.75) is 31.7 Å². The Morgan fingerprint density at radius 2 is 2.08 bits per heavy atom. The van der Waals surface area contributed by atoms with E-state index in [1.807, 2.05) is 47.2 Å². The lowest BCUT2D eigenvalue weighted by Gasteiger charge is -2.46. The standard InChI is InChI=1S/C20H25N3O3/c1-2-23-18(24)6-10-22(14-20(23)7-11-26-12-8-20)19(25)16-3-4-17-15(13-16)5-9-21-17/h3-5,9,13,21H,2,6-8,10-12,14H2,1H3. The molecule has 0 aliphatic carbocycles. The Hall–Kier alpha value is -2.34. The summed E-state index contributed by atoms with van der Waals surface area (Å²) < 4.78 is 5.54. The van der Waals surface area contributed by atoms with Crippen molar-refractivity contribution in [2.24, 2.45) is 0 Å². The highest BCUT2D eigenvalue weighted by Gasteiger charge is 2.44. The topological polar surface area (TPSA) is 65.6 Å². The van der Waals surface area contributed by atoms with E-state index in [9.17, 15) is 9.59 Å². The zero-order chi connectivity index (χ0) is 18.1. The number of fused-ring (bicyclic) bond motifs is 1. The van der Waals surface area contributed by atoms with E-state index >= 15 is 0 Å². The van der Waals surface area contributed by atoms with Gasteiger partial charge in [0, 0.05) is 61.9 Å². The first-order valence-corrected chi connectivity index (χ1v) is 9.38. The second-order valence-electron chi connectivity index (χ2n) is 7.23. The van der Waals surface area contributed by atoms with Crippen LogP contribution in [0.25, 0.3) is 10.9 Å². The summed E-state index contributed by atoms with van der Waals surface area (Å²) in [6.45, 7) is 5.03. The minimum atomic E-state index is -0.297. The number of benzene rings is 1. The number of carbonyl (C=O) groups excluding carboxylic acids is 2. The number of nitrogens with zero attached hydrogens (tertiary/aromatic N) is 2. The lowest BCUT2D eigenvalue weighted by atomic mass is 9.87. The normalized spacial score (nSPS) is 20.6. The number of nitrogens with one attached hydrogen (secondary N) is 1. The van der Waals surface area contributed by atoms with Crippen LogP contribution in [0.15, 0.2) is 30.5 Å². The second kappa shape index (κ2) is 6.76. The first kappa shape index (κ1) is 17.1. The van der Waals surface area contributed by atoms with Gasteiger partial charge in [0.2, 0.25) is 5.91 Å². The number of hydrogen-bond donors (Lipinski definition) is 1. The molecule has 1 aromatic heterocycles. The summed E-state index contributed by atoms with van der Waals surface area (Å²) in [5, 5.41) is 1.03. The molecule has 0 saturated carbocycles. The lowest BCUT2D eigenvalue weighted by molar-refractivity contribution is -0.139. The monoisotopic (exact) mass is 355 g/mol. The highest BCUT2D eigenvalue weighted by atomic mass is 16.5. The van der Waals surface area contributed by atoms with Gasteiger partial charge in [0.1, 0.15) is 0 Å². The van der Waals surface area contributed by atoms with Crippen LogP contribution in [0.2, 0.25) is 0 Å². The predicted octanol–water partition coefficient (Wildman–Crippen LogP) is 2.41. The van der Waals surface area contributed by atoms with Crippen molar-refractivity contribution < 1.29 is 14.3 Å². The Kier molecular flexibility index (Phi) is 4.44. The molecule has 6 nitrogen and oxygen atoms in total. The van der Waals surface area contributed by atoms with E-state index in [2.05, 4.69) is 4.98 Å². The number of rotatable bonds is 2. The number of H-pyrrole nitrogens is 1. The molecule has 1 aromatic carbocycles. The molecule has 0 unspecified atom stereocenters. The fraction of sp³-hybridized carbons (Fsp3) is 0.500. The van der Waals surface area contributed by atoms with E-state index in [0.29, 0.717) is 44.8 Å². The van der Waals surface area contributed by atoms with Gasteiger partial charge < -0.3 is 19.5 Å². The molecule has 6 heteroatoms. The smallest absolute Gasteiger partial charge is 0.253 e. The maximum atomic E-state index is 13.2. The average molecular weight is 355 g/mol. The second-order valence-corrected chi connectivity index (χ2v) is 7.23. The van der Waals surface area contributed by atoms with Crippen LogP contribution in [-0.4, -0.2) is 65.0 Å². The van der Waals surface area contributed by atoms with Crippen LogP contribution in [-0.2, 0) is 9.53 Å². The molecular weight excluding hydrogens is 330 g/mol. The third kappa shape index (κ3) is 2.88. The Morgan fingerprint density at radius 3 is 2.85 bits per heavy atom. The first-order valence-electron chi connectivity index (χ1n) is 9.38. The Balaban J connectivity index is 1.64. The van der Waals surface area contributed by atoms with E-state index in [4.69, 9.17) is 4.74 Å². The molecule has 0 bridgehead atoms. The van der Waals surface area contributed by atoms with E-state index in [-0.39, 0.29) is 17.4 Å². The Labute approximate surface area is 153 Å². The largest absolute Gasteiger partial charge is 0.381 e. The van der Waals surface area contributed by atoms with Crippen LogP contribution < -0.4 is 0 Å². The van der Waals surface area contributed by atoms with Crippen molar-refractivity contribution in [3.63, 3.8) is 0 Å². The third-order valence-corrected chi connectivity index (χ3v) is 5.78. The minimum Gasteiger partial charge on any atom is -0.381 e. The van der Waals surface area contributed by atoms with Crippen LogP contribution in [0.3, 0.4) is 0 Å². The fourth-order valence-electron chi connectivity index (χ4n) is 4.38. The summed E-state index contributed by atoms with van der Waals surface area (Å²) in [6.07, 6.45) is 3.83. The molecule has 138 valence electrons. The van der Waals surface area contributed by atoms with Crippen molar-refractivity contribution in [1.82, 2.24) is 14.8 Å². The molecule has 26 heavy (non-hydrogen) atoms. The summed E-state index contributed by atoms with van der Waals surface area (Å²) in [5.41, 5.74) is 1.40. The molecule has 2 aliphatic heterocycles. The highest BCUT2D eigenvalue weighted by molar-refractivity contribution is 5.98. The van der Waals surface area contributed by atoms with Gasteiger partial charge in [-0.2, -0.15) is 0 Å². The molecule has 2 fully saturated rings. The van der Waals surface area contributed by atoms with Crippen LogP contribution >= 0.6 is 0 Å². The number of aromatic nitrogens is 1. The molecule has 4 rings (SSSR count). The molecule has 0 radical (unpaired) electrons. The Bertz CT molecular complexity index is 823. The number of likely N-dealkylation sites (N-methyl/N-ethyl adjacent to an activating group) is 1. The summed E-state index contributed by atoms with van der Waals surface area (Å²) in [6, 6.07) is 7.70. The lowest BCUT2D eigenvalue weighted by Crippen LogP contribution is -2.58. The Morgan fingerprint density at radius 1 is 1.27 bits per heavy atom. The van der Waals surface area contributed by atoms with E-state index in [1.165, 1.54) is 0 Å². The maximum absolute atomic E-state index is 13.2. The van der Waals surface area contributed by atoms with Gasteiger partial charge in [-0.05, 0) is 44.0 Å². The first-order chi connectivity index (χ1) is 12.6. The summed E-state index contributed by atoms with van der Waals surface area (Å²) >= 11 is 0. The molecule has 1 N–H and O–H groups in total. The van der Waals surface area contributed by atoms with Crippen molar-refractivity contribution >= 4 is 22.7 Å². The number of amides is 2. The predicted molar refractivity (Wildman–Crippen MR) is 99.0 cm³/mol. The van der Waals surface area contributed by atoms with Gasteiger partial charge in [-0.3, -0.25) is 9.59 Å². The summed E-state index contributed by atoms with van der Waals surface area (Å²) in [4.78, 5) is 32.9. The number of hydrogen-bond acceptors (Lipinski definition) is 3. The number of carbonyl (C=O) groups is 2. The number of aromatic amines is 1. The van der Waals surface area contributed by atoms with Gasteiger partial charge in [0.15, 0.2) is 0 Å². The van der Waals surface area contributed by atoms with Crippen LogP contribution in [0.5, 0.6) is 0 Å². The maximum Gasteiger partial charge on any atom is 0.253 e. The molecule has 2 aliphatic rings. The minimum absolute atomic E-state index is 0.00437. The van der Waals surface area contributed by atoms with Crippen molar-refractivity contribution in [3.05, 3.63) is 36.0 Å². The quantitative estimate of drug-likeness (QED) is 0.900. The van der Waals surface area contributed by atoms with Gasteiger partial charge in [0.25, 0.3) is 5.91 Å². The van der Waals surface area contributed by atoms with Crippen molar-refractivity contribution in [3.8, 4) is 0 Å². The third-order valence-electron chi connectivity index (χ3n) is 5.78. The summed E-state index contributed by atoms with van der Waals surface area (Å²) in [5.74, 6) is 0.149. The van der Waals surface area contributed by atoms with Gasteiger partial charge in [-0.15, -0.1) is 0 Å². The van der Waals surface area contributed by atoms with Gasteiger partial charge in [-0.25, -0.2) is 0 Å². The van der Waals surface area contributed by atoms with E-state index < -0.39 is 0 Å². The molecule has 2 amide bonds. The molecule has 1 spiro atoms. The number of ether oxygens (including phenoxy) is 1. The molecule has 3 heterocycles. The highest BCUT2D eigenvalue weighted by Crippen LogP contribution is 2.32. The SMILES string of the molecule is CCN1C(=O)CCN(C(=O)c2ccc3[nH]ccc3c2)CC12CCOCC2. The molecule has 2 aromatic rings. The molecular formula is C20H25N3O3. The van der Waals surface area contributed by atoms with E-state index in [0.717, 1.165) is 23.7 Å². The van der Waals surface area contributed by atoms with Crippen LogP contribution in [0.1, 0.15) is 36.5 Å². The van der Waals surface area contributed by atoms with Gasteiger partial charge >= 0.3 is 0 Å². The van der Waals surface area contributed by atoms with Crippen molar-refractivity contribution in [2.75, 3.05) is 32.8 Å². The average Bonchev–Trinajstić information content (AvgIpc) is 3.08. The van der Waals surface area contributed by atoms with Crippen molar-refractivity contribution in [1.29, 1.82) is 0 Å². The van der Waals surface area contributed by atoms with Gasteiger partial charge in [0.05, 0.1) is 5.54 Å². The summed E-state index contributed by atoms with van der Waals surface area (Å²) in [7, 11) is 0. The molecule has 2 saturated heterocycles. The van der Waals surface area contributed by atoms with Crippen LogP contribution in [0, 0.1) is 0 Å². The van der Waals surface area contributed by atoms with Gasteiger partial charge in [-0.1, -0.05) is 0 Å². The zero-order valence-electron chi connectivity index (χ0n) is 15.2. The zero-order valence-corrected chi connectivity index (χ0v) is 15.2. The molecule has 0 atom stereocenters. The van der Waals surface area contributed by atoms with Crippen LogP contribution in [0.4, 0.5) is 0 Å².